The third-order valence-electron chi connectivity index (χ3n) is 7.27. The quantitative estimate of drug-likeness (QED) is 0.377. The number of hydrogen-bond donors (Lipinski definition) is 1. The zero-order valence-corrected chi connectivity index (χ0v) is 21.3. The van der Waals surface area contributed by atoms with Gasteiger partial charge in [-0.05, 0) is 42.8 Å². The van der Waals surface area contributed by atoms with Crippen LogP contribution in [0.15, 0.2) is 60.7 Å². The molecule has 0 saturated carbocycles. The lowest BCUT2D eigenvalue weighted by molar-refractivity contribution is -0.137. The zero-order valence-electron chi connectivity index (χ0n) is 21.3. The molecule has 1 fully saturated rings. The number of nitrogens with zero attached hydrogens (tertiary/aromatic N) is 3. The molecule has 0 aliphatic carbocycles. The van der Waals surface area contributed by atoms with Crippen molar-refractivity contribution in [3.05, 3.63) is 83.0 Å². The molecule has 0 radical (unpaired) electrons. The van der Waals surface area contributed by atoms with Gasteiger partial charge in [-0.3, -0.25) is 4.79 Å². The molecule has 1 saturated heterocycles. The van der Waals surface area contributed by atoms with E-state index in [1.165, 1.54) is 12.1 Å². The van der Waals surface area contributed by atoms with Gasteiger partial charge in [0.25, 0.3) is 5.91 Å². The maximum absolute atomic E-state index is 13.8. The molecule has 7 nitrogen and oxygen atoms in total. The largest absolute Gasteiger partial charge is 0.493 e. The van der Waals surface area contributed by atoms with Gasteiger partial charge in [-0.1, -0.05) is 30.3 Å². The van der Waals surface area contributed by atoms with Crippen molar-refractivity contribution in [3.63, 3.8) is 0 Å². The van der Waals surface area contributed by atoms with Gasteiger partial charge in [-0.25, -0.2) is 4.52 Å². The molecule has 6 rings (SSSR count). The second-order valence-electron chi connectivity index (χ2n) is 9.70. The van der Waals surface area contributed by atoms with Crippen molar-refractivity contribution in [2.75, 3.05) is 37.8 Å². The minimum atomic E-state index is -4.41. The van der Waals surface area contributed by atoms with Crippen LogP contribution in [-0.2, 0) is 10.9 Å². The van der Waals surface area contributed by atoms with E-state index in [4.69, 9.17) is 14.6 Å². The molecular weight excluding hydrogens is 509 g/mol. The summed E-state index contributed by atoms with van der Waals surface area (Å²) in [7, 11) is 0. The lowest BCUT2D eigenvalue weighted by atomic mass is 10.00. The average molecular weight is 537 g/mol. The number of halogens is 3. The van der Waals surface area contributed by atoms with Crippen LogP contribution in [-0.4, -0.2) is 48.4 Å². The van der Waals surface area contributed by atoms with Gasteiger partial charge in [0.1, 0.15) is 11.6 Å². The van der Waals surface area contributed by atoms with Crippen molar-refractivity contribution >= 4 is 17.2 Å². The van der Waals surface area contributed by atoms with E-state index in [2.05, 4.69) is 10.2 Å². The number of aryl methyl sites for hydroxylation is 1. The smallest absolute Gasteiger partial charge is 0.416 e. The molecule has 202 valence electrons. The first kappa shape index (κ1) is 25.2. The fraction of sp³-hybridized carbons (Fsp3) is 0.310. The summed E-state index contributed by atoms with van der Waals surface area (Å²) in [6.07, 6.45) is -3.76. The summed E-state index contributed by atoms with van der Waals surface area (Å²) in [5.74, 6) is 1.17. The molecule has 2 aliphatic heterocycles. The molecule has 2 aromatic heterocycles. The van der Waals surface area contributed by atoms with Crippen molar-refractivity contribution in [1.82, 2.24) is 14.9 Å². The van der Waals surface area contributed by atoms with Gasteiger partial charge in [0.05, 0.1) is 48.2 Å². The van der Waals surface area contributed by atoms with Crippen molar-refractivity contribution < 1.29 is 27.4 Å². The van der Waals surface area contributed by atoms with Crippen molar-refractivity contribution in [3.8, 4) is 16.9 Å². The van der Waals surface area contributed by atoms with Gasteiger partial charge in [0.15, 0.2) is 0 Å². The van der Waals surface area contributed by atoms with Crippen LogP contribution in [0, 0.1) is 6.92 Å². The number of rotatable bonds is 4. The number of carbonyl (C=O) groups is 1. The number of ether oxygens (including phenoxy) is 2. The number of carbonyl (C=O) groups excluding carboxylic acids is 1. The Morgan fingerprint density at radius 1 is 1.00 bits per heavy atom. The summed E-state index contributed by atoms with van der Waals surface area (Å²) < 4.78 is 52.5. The number of morpholine rings is 1. The third-order valence-corrected chi connectivity index (χ3v) is 7.27. The topological polar surface area (TPSA) is 68.1 Å². The van der Waals surface area contributed by atoms with Gasteiger partial charge in [0.2, 0.25) is 0 Å². The SMILES string of the molecule is Cc1nn2c(N3CCOCC3)c(C(=O)N[C@H]3CCOc4ccccc43)ccc2c1-c1ccc(C(F)(F)F)cc1. The van der Waals surface area contributed by atoms with Crippen LogP contribution < -0.4 is 15.0 Å². The number of nitrogens with one attached hydrogen (secondary N) is 1. The van der Waals surface area contributed by atoms with Gasteiger partial charge < -0.3 is 19.7 Å². The maximum atomic E-state index is 13.8. The summed E-state index contributed by atoms with van der Waals surface area (Å²) in [5.41, 5.74) is 3.41. The van der Waals surface area contributed by atoms with E-state index in [1.54, 1.807) is 10.6 Å². The van der Waals surface area contributed by atoms with Crippen LogP contribution >= 0.6 is 0 Å². The Morgan fingerprint density at radius 2 is 1.74 bits per heavy atom. The van der Waals surface area contributed by atoms with Crippen LogP contribution in [0.3, 0.4) is 0 Å². The third kappa shape index (κ3) is 4.69. The van der Waals surface area contributed by atoms with E-state index < -0.39 is 11.7 Å². The normalized spacial score (nSPS) is 17.5. The van der Waals surface area contributed by atoms with Gasteiger partial charge in [-0.15, -0.1) is 0 Å². The summed E-state index contributed by atoms with van der Waals surface area (Å²) in [6.45, 7) is 4.50. The Hall–Kier alpha value is -4.05. The minimum absolute atomic E-state index is 0.197. The molecule has 2 aliphatic rings. The lowest BCUT2D eigenvalue weighted by Gasteiger charge is -2.31. The van der Waals surface area contributed by atoms with Crippen molar-refractivity contribution in [2.24, 2.45) is 0 Å². The summed E-state index contributed by atoms with van der Waals surface area (Å²) >= 11 is 0. The predicted molar refractivity (Wildman–Crippen MR) is 140 cm³/mol. The minimum Gasteiger partial charge on any atom is -0.493 e. The van der Waals surface area contributed by atoms with Crippen LogP contribution in [0.4, 0.5) is 19.0 Å². The van der Waals surface area contributed by atoms with E-state index in [9.17, 15) is 18.0 Å². The lowest BCUT2D eigenvalue weighted by Crippen LogP contribution is -2.40. The number of alkyl halides is 3. The highest BCUT2D eigenvalue weighted by atomic mass is 19.4. The number of aromatic nitrogens is 2. The Balaban J connectivity index is 1.42. The first-order valence-electron chi connectivity index (χ1n) is 12.9. The summed E-state index contributed by atoms with van der Waals surface area (Å²) in [4.78, 5) is 15.8. The first-order valence-corrected chi connectivity index (χ1v) is 12.9. The van der Waals surface area contributed by atoms with Gasteiger partial charge in [-0.2, -0.15) is 18.3 Å². The van der Waals surface area contributed by atoms with E-state index >= 15 is 0 Å². The number of hydrogen-bond acceptors (Lipinski definition) is 5. The Kier molecular flexibility index (Phi) is 6.42. The maximum Gasteiger partial charge on any atom is 0.416 e. The molecule has 2 aromatic carbocycles. The van der Waals surface area contributed by atoms with Crippen LogP contribution in [0.1, 0.15) is 39.6 Å². The Bertz CT molecular complexity index is 1530. The molecule has 39 heavy (non-hydrogen) atoms. The monoisotopic (exact) mass is 536 g/mol. The number of pyridine rings is 1. The Morgan fingerprint density at radius 3 is 2.49 bits per heavy atom. The molecule has 10 heteroatoms. The van der Waals surface area contributed by atoms with Crippen LogP contribution in [0.5, 0.6) is 5.75 Å². The molecule has 1 atom stereocenters. The van der Waals surface area contributed by atoms with E-state index in [0.29, 0.717) is 67.5 Å². The fourth-order valence-corrected chi connectivity index (χ4v) is 5.38. The second-order valence-corrected chi connectivity index (χ2v) is 9.70. The summed E-state index contributed by atoms with van der Waals surface area (Å²) in [6, 6.07) is 16.2. The fourth-order valence-electron chi connectivity index (χ4n) is 5.38. The predicted octanol–water partition coefficient (Wildman–Crippen LogP) is 5.42. The first-order chi connectivity index (χ1) is 18.8. The average Bonchev–Trinajstić information content (AvgIpc) is 3.28. The number of fused-ring (bicyclic) bond motifs is 2. The number of para-hydroxylation sites is 1. The molecule has 0 bridgehead atoms. The standard InChI is InChI=1S/C29H27F3N4O3/c1-18-26(19-6-8-20(9-7-19)29(30,31)32)24-11-10-22(28(36(24)34-18)35-13-16-38-17-14-35)27(37)33-23-12-15-39-25-5-3-2-4-21(23)25/h2-11,23H,12-17H2,1H3,(H,33,37)/t23-/m0/s1. The molecule has 0 unspecified atom stereocenters. The van der Waals surface area contributed by atoms with E-state index in [1.807, 2.05) is 37.3 Å². The molecule has 1 amide bonds. The van der Waals surface area contributed by atoms with Crippen LogP contribution in [0.2, 0.25) is 0 Å². The zero-order chi connectivity index (χ0) is 27.1. The highest BCUT2D eigenvalue weighted by molar-refractivity contribution is 6.01. The van der Waals surface area contributed by atoms with Gasteiger partial charge >= 0.3 is 6.18 Å². The van der Waals surface area contributed by atoms with E-state index in [0.717, 1.165) is 29.0 Å². The molecular formula is C29H27F3N4O3. The molecule has 4 heterocycles. The van der Waals surface area contributed by atoms with Crippen molar-refractivity contribution in [1.29, 1.82) is 0 Å². The number of amides is 1. The number of anilines is 1. The number of benzene rings is 2. The highest BCUT2D eigenvalue weighted by Crippen LogP contribution is 2.36. The van der Waals surface area contributed by atoms with Crippen LogP contribution in [0.25, 0.3) is 16.6 Å². The van der Waals surface area contributed by atoms with E-state index in [-0.39, 0.29) is 11.9 Å². The summed E-state index contributed by atoms with van der Waals surface area (Å²) in [5, 5.41) is 7.96. The van der Waals surface area contributed by atoms with Gasteiger partial charge in [0, 0.05) is 30.6 Å². The van der Waals surface area contributed by atoms with Crippen molar-refractivity contribution in [2.45, 2.75) is 25.6 Å². The molecule has 4 aromatic rings. The molecule has 1 N–H and O–H groups in total. The Labute approximate surface area is 223 Å². The molecule has 0 spiro atoms. The highest BCUT2D eigenvalue weighted by Gasteiger charge is 2.31. The second kappa shape index (κ2) is 9.92.